The van der Waals surface area contributed by atoms with Gasteiger partial charge >= 0.3 is 5.97 Å². The Labute approximate surface area is 96.0 Å². The second-order valence-corrected chi connectivity index (χ2v) is 4.74. The van der Waals surface area contributed by atoms with Gasteiger partial charge in [0.1, 0.15) is 0 Å². The Balaban J connectivity index is 2.23. The number of aliphatic carboxylic acids is 1. The number of fused-ring (bicyclic) bond motifs is 1. The van der Waals surface area contributed by atoms with Crippen LogP contribution < -0.4 is 11.5 Å². The number of hydrogen-bond acceptors (Lipinski definition) is 4. The third kappa shape index (κ3) is 2.13. The lowest BCUT2D eigenvalue weighted by atomic mass is 9.91. The van der Waals surface area contributed by atoms with Crippen molar-refractivity contribution in [3.05, 3.63) is 10.6 Å². The summed E-state index contributed by atoms with van der Waals surface area (Å²) in [5.41, 5.74) is 11.4. The highest BCUT2D eigenvalue weighted by atomic mass is 32.1. The van der Waals surface area contributed by atoms with E-state index in [2.05, 4.69) is 9.98 Å². The van der Waals surface area contributed by atoms with Crippen molar-refractivity contribution in [3.8, 4) is 0 Å². The van der Waals surface area contributed by atoms with Crippen molar-refractivity contribution in [1.29, 1.82) is 0 Å². The number of aliphatic imine (C=N–C) groups is 1. The lowest BCUT2D eigenvalue weighted by Gasteiger charge is -2.16. The summed E-state index contributed by atoms with van der Waals surface area (Å²) < 4.78 is 0. The number of thiazole rings is 1. The maximum atomic E-state index is 10.9. The molecule has 1 aliphatic carbocycles. The van der Waals surface area contributed by atoms with Gasteiger partial charge in [-0.3, -0.25) is 4.79 Å². The summed E-state index contributed by atoms with van der Waals surface area (Å²) in [5, 5.41) is 9.44. The molecular weight excluding hydrogens is 228 g/mol. The molecule has 0 fully saturated rings. The predicted molar refractivity (Wildman–Crippen MR) is 60.7 cm³/mol. The Kier molecular flexibility index (Phi) is 2.78. The SMILES string of the molecule is NC(N)=Nc1nc2c(s1)C[C@@H](C(=O)O)CC2. The predicted octanol–water partition coefficient (Wildman–Crippen LogP) is 0.237. The molecule has 1 heterocycles. The van der Waals surface area contributed by atoms with Crippen LogP contribution >= 0.6 is 11.3 Å². The van der Waals surface area contributed by atoms with E-state index in [4.69, 9.17) is 16.6 Å². The summed E-state index contributed by atoms with van der Waals surface area (Å²) in [6.07, 6.45) is 1.85. The number of carbonyl (C=O) groups is 1. The van der Waals surface area contributed by atoms with E-state index in [1.54, 1.807) is 0 Å². The molecule has 1 atom stereocenters. The molecule has 0 unspecified atom stereocenters. The molecule has 2 rings (SSSR count). The Bertz CT molecular complexity index is 450. The molecule has 0 saturated carbocycles. The van der Waals surface area contributed by atoms with E-state index in [9.17, 15) is 4.79 Å². The van der Waals surface area contributed by atoms with E-state index in [1.165, 1.54) is 11.3 Å². The Morgan fingerprint density at radius 1 is 1.56 bits per heavy atom. The number of carboxylic acid groups (broad SMARTS) is 1. The maximum Gasteiger partial charge on any atom is 0.306 e. The second-order valence-electron chi connectivity index (χ2n) is 3.68. The molecule has 5 N–H and O–H groups in total. The monoisotopic (exact) mass is 240 g/mol. The molecule has 1 aromatic heterocycles. The van der Waals surface area contributed by atoms with Crippen LogP contribution in [0.5, 0.6) is 0 Å². The van der Waals surface area contributed by atoms with Gasteiger partial charge in [-0.05, 0) is 19.3 Å². The van der Waals surface area contributed by atoms with Gasteiger partial charge in [-0.2, -0.15) is 4.99 Å². The normalized spacial score (nSPS) is 18.9. The lowest BCUT2D eigenvalue weighted by molar-refractivity contribution is -0.142. The molecule has 1 aliphatic rings. The zero-order valence-electron chi connectivity index (χ0n) is 8.51. The van der Waals surface area contributed by atoms with Crippen LogP contribution in [0.1, 0.15) is 17.0 Å². The first-order valence-corrected chi connectivity index (χ1v) is 5.69. The van der Waals surface area contributed by atoms with Crippen molar-refractivity contribution in [3.63, 3.8) is 0 Å². The summed E-state index contributed by atoms with van der Waals surface area (Å²) in [6.45, 7) is 0. The summed E-state index contributed by atoms with van der Waals surface area (Å²) in [4.78, 5) is 20.0. The largest absolute Gasteiger partial charge is 0.481 e. The molecule has 0 spiro atoms. The van der Waals surface area contributed by atoms with Crippen molar-refractivity contribution in [2.24, 2.45) is 22.4 Å². The van der Waals surface area contributed by atoms with Gasteiger partial charge in [0.25, 0.3) is 0 Å². The van der Waals surface area contributed by atoms with Crippen LogP contribution in [-0.2, 0) is 17.6 Å². The van der Waals surface area contributed by atoms with Gasteiger partial charge in [0.15, 0.2) is 5.96 Å². The van der Waals surface area contributed by atoms with Crippen molar-refractivity contribution >= 4 is 28.4 Å². The number of aromatic nitrogens is 1. The van der Waals surface area contributed by atoms with Crippen LogP contribution in [0, 0.1) is 5.92 Å². The fourth-order valence-corrected chi connectivity index (χ4v) is 2.81. The van der Waals surface area contributed by atoms with Crippen LogP contribution in [0.2, 0.25) is 0 Å². The third-order valence-electron chi connectivity index (χ3n) is 2.50. The van der Waals surface area contributed by atoms with Gasteiger partial charge in [-0.1, -0.05) is 11.3 Å². The van der Waals surface area contributed by atoms with E-state index in [1.807, 2.05) is 0 Å². The first-order chi connectivity index (χ1) is 7.56. The van der Waals surface area contributed by atoms with Crippen molar-refractivity contribution in [2.45, 2.75) is 19.3 Å². The summed E-state index contributed by atoms with van der Waals surface area (Å²) in [5.74, 6) is -1.08. The van der Waals surface area contributed by atoms with Gasteiger partial charge in [0.2, 0.25) is 5.13 Å². The zero-order chi connectivity index (χ0) is 11.7. The lowest BCUT2D eigenvalue weighted by Crippen LogP contribution is -2.21. The van der Waals surface area contributed by atoms with Crippen molar-refractivity contribution in [1.82, 2.24) is 4.98 Å². The average molecular weight is 240 g/mol. The molecule has 0 aromatic carbocycles. The Morgan fingerprint density at radius 2 is 2.31 bits per heavy atom. The van der Waals surface area contributed by atoms with Crippen LogP contribution in [0.25, 0.3) is 0 Å². The average Bonchev–Trinajstić information content (AvgIpc) is 2.56. The molecule has 6 nitrogen and oxygen atoms in total. The molecule has 1 aromatic rings. The summed E-state index contributed by atoms with van der Waals surface area (Å²) >= 11 is 1.36. The van der Waals surface area contributed by atoms with E-state index < -0.39 is 5.97 Å². The number of guanidine groups is 1. The third-order valence-corrected chi connectivity index (χ3v) is 3.52. The number of aryl methyl sites for hydroxylation is 1. The van der Waals surface area contributed by atoms with E-state index in [0.29, 0.717) is 24.4 Å². The molecule has 7 heteroatoms. The van der Waals surface area contributed by atoms with E-state index >= 15 is 0 Å². The fourth-order valence-electron chi connectivity index (χ4n) is 1.73. The quantitative estimate of drug-likeness (QED) is 0.506. The standard InChI is InChI=1S/C9H12N4O2S/c10-8(11)13-9-12-5-2-1-4(7(14)15)3-6(5)16-9/h4H,1-3H2,(H,14,15)(H4,10,11,12,13)/t4-/m0/s1. The number of carboxylic acids is 1. The molecular formula is C9H12N4O2S. The van der Waals surface area contributed by atoms with Crippen LogP contribution in [0.15, 0.2) is 4.99 Å². The minimum atomic E-state index is -0.748. The van der Waals surface area contributed by atoms with Crippen LogP contribution in [0.3, 0.4) is 0 Å². The van der Waals surface area contributed by atoms with Gasteiger partial charge in [-0.15, -0.1) is 0 Å². The van der Waals surface area contributed by atoms with E-state index in [0.717, 1.165) is 10.6 Å². The summed E-state index contributed by atoms with van der Waals surface area (Å²) in [6, 6.07) is 0. The number of nitrogens with two attached hydrogens (primary N) is 2. The smallest absolute Gasteiger partial charge is 0.306 e. The van der Waals surface area contributed by atoms with Gasteiger partial charge in [0.05, 0.1) is 11.6 Å². The highest BCUT2D eigenvalue weighted by Gasteiger charge is 2.27. The van der Waals surface area contributed by atoms with Crippen LogP contribution in [0.4, 0.5) is 5.13 Å². The second kappa shape index (κ2) is 4.09. The van der Waals surface area contributed by atoms with Crippen LogP contribution in [-0.4, -0.2) is 22.0 Å². The molecule has 0 bridgehead atoms. The number of rotatable bonds is 2. The fraction of sp³-hybridized carbons (Fsp3) is 0.444. The summed E-state index contributed by atoms with van der Waals surface area (Å²) in [7, 11) is 0. The first-order valence-electron chi connectivity index (χ1n) is 4.87. The Hall–Kier alpha value is -1.63. The number of nitrogens with zero attached hydrogens (tertiary/aromatic N) is 2. The van der Waals surface area contributed by atoms with Crippen molar-refractivity contribution < 1.29 is 9.90 Å². The van der Waals surface area contributed by atoms with Gasteiger partial charge < -0.3 is 16.6 Å². The van der Waals surface area contributed by atoms with Crippen molar-refractivity contribution in [2.75, 3.05) is 0 Å². The minimum absolute atomic E-state index is 0.0270. The molecule has 0 amide bonds. The molecule has 0 saturated heterocycles. The highest BCUT2D eigenvalue weighted by molar-refractivity contribution is 7.15. The first kappa shape index (κ1) is 10.9. The van der Waals surface area contributed by atoms with Gasteiger partial charge in [0, 0.05) is 4.88 Å². The Morgan fingerprint density at radius 3 is 2.94 bits per heavy atom. The minimum Gasteiger partial charge on any atom is -0.481 e. The maximum absolute atomic E-state index is 10.9. The molecule has 0 aliphatic heterocycles. The highest BCUT2D eigenvalue weighted by Crippen LogP contribution is 2.33. The topological polar surface area (TPSA) is 115 Å². The molecule has 86 valence electrons. The zero-order valence-corrected chi connectivity index (χ0v) is 9.33. The van der Waals surface area contributed by atoms with E-state index in [-0.39, 0.29) is 11.9 Å². The molecule has 0 radical (unpaired) electrons. The molecule has 16 heavy (non-hydrogen) atoms. The van der Waals surface area contributed by atoms with Gasteiger partial charge in [-0.25, -0.2) is 4.98 Å². The number of hydrogen-bond donors (Lipinski definition) is 3.